The molecule has 0 spiro atoms. The van der Waals surface area contributed by atoms with Crippen molar-refractivity contribution in [2.24, 2.45) is 0 Å². The Labute approximate surface area is 110 Å². The molecule has 0 atom stereocenters. The van der Waals surface area contributed by atoms with Crippen LogP contribution in [0.25, 0.3) is 0 Å². The second-order valence-electron chi connectivity index (χ2n) is 5.46. The second kappa shape index (κ2) is 7.39. The predicted octanol–water partition coefficient (Wildman–Crippen LogP) is 3.65. The lowest BCUT2D eigenvalue weighted by Crippen LogP contribution is -2.35. The monoisotopic (exact) mass is 251 g/mol. The van der Waals surface area contributed by atoms with Crippen LogP contribution in [-0.2, 0) is 17.9 Å². The molecule has 102 valence electrons. The molecule has 0 unspecified atom stereocenters. The maximum absolute atomic E-state index is 5.62. The Balaban J connectivity index is 2.33. The Kier molecular flexibility index (Phi) is 6.16. The average Bonchev–Trinajstić information content (AvgIpc) is 2.73. The molecule has 0 aromatic carbocycles. The van der Waals surface area contributed by atoms with Gasteiger partial charge in [-0.3, -0.25) is 0 Å². The summed E-state index contributed by atoms with van der Waals surface area (Å²) >= 11 is 0. The van der Waals surface area contributed by atoms with E-state index in [9.17, 15) is 0 Å². The minimum absolute atomic E-state index is 0.0921. The van der Waals surface area contributed by atoms with E-state index in [4.69, 9.17) is 9.15 Å². The first-order valence-corrected chi connectivity index (χ1v) is 6.52. The number of ether oxygens (including phenoxy) is 1. The van der Waals surface area contributed by atoms with Crippen molar-refractivity contribution < 1.29 is 9.15 Å². The van der Waals surface area contributed by atoms with Gasteiger partial charge >= 0.3 is 0 Å². The van der Waals surface area contributed by atoms with E-state index in [1.54, 1.807) is 6.26 Å². The lowest BCUT2D eigenvalue weighted by molar-refractivity contribution is 0.117. The molecule has 1 rings (SSSR count). The molecule has 3 heteroatoms. The van der Waals surface area contributed by atoms with Crippen LogP contribution in [0.1, 0.15) is 44.9 Å². The SMILES string of the molecule is C=CCCCOCc1ccoc1CNC(C)(C)C. The van der Waals surface area contributed by atoms with Crippen LogP contribution < -0.4 is 5.32 Å². The zero-order valence-electron chi connectivity index (χ0n) is 11.8. The van der Waals surface area contributed by atoms with Gasteiger partial charge < -0.3 is 14.5 Å². The van der Waals surface area contributed by atoms with Crippen LogP contribution in [0.15, 0.2) is 29.4 Å². The molecule has 1 aromatic rings. The van der Waals surface area contributed by atoms with Gasteiger partial charge in [-0.15, -0.1) is 6.58 Å². The third-order valence-electron chi connectivity index (χ3n) is 2.57. The quantitative estimate of drug-likeness (QED) is 0.565. The maximum atomic E-state index is 5.62. The van der Waals surface area contributed by atoms with Gasteiger partial charge in [0, 0.05) is 17.7 Å². The van der Waals surface area contributed by atoms with E-state index < -0.39 is 0 Å². The Bertz CT molecular complexity index is 350. The number of hydrogen-bond donors (Lipinski definition) is 1. The predicted molar refractivity (Wildman–Crippen MR) is 74.4 cm³/mol. The molecule has 3 nitrogen and oxygen atoms in total. The Morgan fingerprint density at radius 2 is 2.22 bits per heavy atom. The van der Waals surface area contributed by atoms with Gasteiger partial charge in [0.2, 0.25) is 0 Å². The molecule has 0 saturated heterocycles. The van der Waals surface area contributed by atoms with Crippen molar-refractivity contribution in [3.8, 4) is 0 Å². The van der Waals surface area contributed by atoms with Crippen molar-refractivity contribution in [3.05, 3.63) is 36.3 Å². The van der Waals surface area contributed by atoms with Crippen LogP contribution in [-0.4, -0.2) is 12.1 Å². The van der Waals surface area contributed by atoms with E-state index in [1.807, 2.05) is 12.1 Å². The van der Waals surface area contributed by atoms with Crippen LogP contribution >= 0.6 is 0 Å². The van der Waals surface area contributed by atoms with Crippen molar-refractivity contribution in [3.63, 3.8) is 0 Å². The Morgan fingerprint density at radius 3 is 2.89 bits per heavy atom. The maximum Gasteiger partial charge on any atom is 0.123 e. The first-order valence-electron chi connectivity index (χ1n) is 6.52. The summed E-state index contributed by atoms with van der Waals surface area (Å²) < 4.78 is 11.1. The number of nitrogens with one attached hydrogen (secondary N) is 1. The summed E-state index contributed by atoms with van der Waals surface area (Å²) in [6.45, 7) is 12.2. The van der Waals surface area contributed by atoms with Gasteiger partial charge in [0.1, 0.15) is 5.76 Å². The zero-order chi connectivity index (χ0) is 13.4. The lowest BCUT2D eigenvalue weighted by Gasteiger charge is -2.20. The number of unbranched alkanes of at least 4 members (excludes halogenated alkanes) is 1. The van der Waals surface area contributed by atoms with E-state index in [1.165, 1.54) is 0 Å². The van der Waals surface area contributed by atoms with E-state index in [2.05, 4.69) is 32.7 Å². The van der Waals surface area contributed by atoms with Gasteiger partial charge in [0.05, 0.1) is 19.4 Å². The highest BCUT2D eigenvalue weighted by atomic mass is 16.5. The summed E-state index contributed by atoms with van der Waals surface area (Å²) in [5, 5.41) is 3.41. The first kappa shape index (κ1) is 15.0. The van der Waals surface area contributed by atoms with E-state index in [-0.39, 0.29) is 5.54 Å². The van der Waals surface area contributed by atoms with E-state index >= 15 is 0 Å². The van der Waals surface area contributed by atoms with Gasteiger partial charge in [-0.1, -0.05) is 6.08 Å². The molecule has 0 bridgehead atoms. The molecule has 1 heterocycles. The van der Waals surface area contributed by atoms with Crippen molar-refractivity contribution >= 4 is 0 Å². The molecular formula is C15H25NO2. The molecule has 0 aliphatic rings. The molecule has 1 aromatic heterocycles. The molecule has 0 saturated carbocycles. The van der Waals surface area contributed by atoms with Crippen LogP contribution in [0.3, 0.4) is 0 Å². The Hall–Kier alpha value is -1.06. The van der Waals surface area contributed by atoms with E-state index in [0.29, 0.717) is 6.61 Å². The average molecular weight is 251 g/mol. The van der Waals surface area contributed by atoms with Crippen molar-refractivity contribution in [2.45, 2.75) is 52.3 Å². The normalized spacial score (nSPS) is 11.7. The summed E-state index contributed by atoms with van der Waals surface area (Å²) in [5.74, 6) is 0.966. The molecule has 18 heavy (non-hydrogen) atoms. The van der Waals surface area contributed by atoms with Crippen LogP contribution in [0, 0.1) is 0 Å². The van der Waals surface area contributed by atoms with Gasteiger partial charge in [0.15, 0.2) is 0 Å². The van der Waals surface area contributed by atoms with Crippen LogP contribution in [0.4, 0.5) is 0 Å². The van der Waals surface area contributed by atoms with Crippen molar-refractivity contribution in [2.75, 3.05) is 6.61 Å². The molecule has 1 N–H and O–H groups in total. The third-order valence-corrected chi connectivity index (χ3v) is 2.57. The van der Waals surface area contributed by atoms with Crippen LogP contribution in [0.5, 0.6) is 0 Å². The summed E-state index contributed by atoms with van der Waals surface area (Å²) in [7, 11) is 0. The van der Waals surface area contributed by atoms with Crippen molar-refractivity contribution in [1.82, 2.24) is 5.32 Å². The molecule has 0 aliphatic heterocycles. The Morgan fingerprint density at radius 1 is 1.44 bits per heavy atom. The fourth-order valence-electron chi connectivity index (χ4n) is 1.51. The van der Waals surface area contributed by atoms with E-state index in [0.717, 1.165) is 37.3 Å². The number of allylic oxidation sites excluding steroid dienone is 1. The summed E-state index contributed by atoms with van der Waals surface area (Å²) in [5.41, 5.74) is 1.22. The van der Waals surface area contributed by atoms with Crippen LogP contribution in [0.2, 0.25) is 0 Å². The lowest BCUT2D eigenvalue weighted by atomic mass is 10.1. The number of rotatable bonds is 8. The molecular weight excluding hydrogens is 226 g/mol. The van der Waals surface area contributed by atoms with Gasteiger partial charge in [-0.05, 0) is 39.7 Å². The van der Waals surface area contributed by atoms with Crippen molar-refractivity contribution in [1.29, 1.82) is 0 Å². The number of furan rings is 1. The van der Waals surface area contributed by atoms with Gasteiger partial charge in [0.25, 0.3) is 0 Å². The van der Waals surface area contributed by atoms with Gasteiger partial charge in [-0.2, -0.15) is 0 Å². The smallest absolute Gasteiger partial charge is 0.123 e. The highest BCUT2D eigenvalue weighted by Crippen LogP contribution is 2.13. The fourth-order valence-corrected chi connectivity index (χ4v) is 1.51. The minimum Gasteiger partial charge on any atom is -0.468 e. The fraction of sp³-hybridized carbons (Fsp3) is 0.600. The largest absolute Gasteiger partial charge is 0.468 e. The molecule has 0 aliphatic carbocycles. The summed E-state index contributed by atoms with van der Waals surface area (Å²) in [6, 6.07) is 1.98. The highest BCUT2D eigenvalue weighted by Gasteiger charge is 2.12. The minimum atomic E-state index is 0.0921. The third kappa shape index (κ3) is 6.03. The summed E-state index contributed by atoms with van der Waals surface area (Å²) in [6.07, 6.45) is 5.67. The second-order valence-corrected chi connectivity index (χ2v) is 5.46. The highest BCUT2D eigenvalue weighted by molar-refractivity contribution is 5.16. The standard InChI is InChI=1S/C15H25NO2/c1-5-6-7-9-17-12-13-8-10-18-14(13)11-16-15(2,3)4/h5,8,10,16H,1,6-7,9,11-12H2,2-4H3. The number of hydrogen-bond acceptors (Lipinski definition) is 3. The van der Waals surface area contributed by atoms with Gasteiger partial charge in [-0.25, -0.2) is 0 Å². The topological polar surface area (TPSA) is 34.4 Å². The summed E-state index contributed by atoms with van der Waals surface area (Å²) in [4.78, 5) is 0. The molecule has 0 fully saturated rings. The zero-order valence-corrected chi connectivity index (χ0v) is 11.8. The first-order chi connectivity index (χ1) is 8.53. The molecule has 0 amide bonds. The molecule has 0 radical (unpaired) electrons.